The number of aromatic nitrogens is 1. The third kappa shape index (κ3) is 3.79. The molecule has 0 radical (unpaired) electrons. The highest BCUT2D eigenvalue weighted by atomic mass is 127. The highest BCUT2D eigenvalue weighted by Crippen LogP contribution is 2.27. The molecular formula is C12H15IN2OS. The Morgan fingerprint density at radius 2 is 2.24 bits per heavy atom. The van der Waals surface area contributed by atoms with Crippen molar-refractivity contribution in [3.63, 3.8) is 0 Å². The lowest BCUT2D eigenvalue weighted by Crippen LogP contribution is -2.35. The Balaban J connectivity index is 2.06. The first-order chi connectivity index (χ1) is 7.94. The van der Waals surface area contributed by atoms with Gasteiger partial charge >= 0.3 is 0 Å². The number of hydrogen-bond acceptors (Lipinski definition) is 4. The lowest BCUT2D eigenvalue weighted by molar-refractivity contribution is 0.383. The zero-order valence-electron chi connectivity index (χ0n) is 10.1. The number of hydrogen-bond donors (Lipinski definition) is 1. The third-order valence-electron chi connectivity index (χ3n) is 2.18. The maximum Gasteiger partial charge on any atom is 0.208 e. The molecule has 0 aromatic carbocycles. The van der Waals surface area contributed by atoms with Crippen LogP contribution in [0, 0.1) is 2.88 Å². The number of thiophene rings is 1. The first kappa shape index (κ1) is 13.0. The van der Waals surface area contributed by atoms with Crippen molar-refractivity contribution in [3.05, 3.63) is 26.4 Å². The van der Waals surface area contributed by atoms with Gasteiger partial charge in [-0.1, -0.05) is 0 Å². The first-order valence-corrected chi connectivity index (χ1v) is 7.34. The molecule has 0 bridgehead atoms. The predicted octanol–water partition coefficient (Wildman–Crippen LogP) is 3.90. The Hall–Kier alpha value is -0.400. The van der Waals surface area contributed by atoms with Gasteiger partial charge in [-0.3, -0.25) is 0 Å². The number of nitrogens with one attached hydrogen (secondary N) is 1. The van der Waals surface area contributed by atoms with Crippen molar-refractivity contribution in [2.24, 2.45) is 0 Å². The molecule has 0 saturated carbocycles. The maximum atomic E-state index is 5.71. The highest BCUT2D eigenvalue weighted by molar-refractivity contribution is 14.1. The molecule has 2 rings (SSSR count). The Morgan fingerprint density at radius 3 is 2.82 bits per heavy atom. The van der Waals surface area contributed by atoms with Gasteiger partial charge in [0.25, 0.3) is 0 Å². The Labute approximate surface area is 119 Å². The standard InChI is InChI=1S/C12H15IN2OS/c1-12(2,3)15-6-11-14-5-9(16-11)8-4-10(13)17-7-8/h4-5,7,15H,6H2,1-3H3. The lowest BCUT2D eigenvalue weighted by atomic mass is 10.1. The van der Waals surface area contributed by atoms with E-state index in [4.69, 9.17) is 4.42 Å². The van der Waals surface area contributed by atoms with E-state index in [2.05, 4.69) is 65.1 Å². The van der Waals surface area contributed by atoms with Crippen LogP contribution in [0.1, 0.15) is 26.7 Å². The maximum absolute atomic E-state index is 5.71. The van der Waals surface area contributed by atoms with Crippen LogP contribution in [0.3, 0.4) is 0 Å². The van der Waals surface area contributed by atoms with Crippen molar-refractivity contribution in [2.45, 2.75) is 32.9 Å². The van der Waals surface area contributed by atoms with Gasteiger partial charge in [0.2, 0.25) is 5.89 Å². The molecule has 92 valence electrons. The molecule has 0 unspecified atom stereocenters. The third-order valence-corrected chi connectivity index (χ3v) is 3.96. The predicted molar refractivity (Wildman–Crippen MR) is 79.1 cm³/mol. The minimum atomic E-state index is 0.0758. The van der Waals surface area contributed by atoms with Gasteiger partial charge in [0.05, 0.1) is 15.6 Å². The molecule has 0 aliphatic heterocycles. The second-order valence-corrected chi connectivity index (χ2v) is 7.67. The fraction of sp³-hybridized carbons (Fsp3) is 0.417. The first-order valence-electron chi connectivity index (χ1n) is 5.38. The van der Waals surface area contributed by atoms with Crippen LogP contribution < -0.4 is 5.32 Å². The van der Waals surface area contributed by atoms with E-state index in [1.165, 1.54) is 2.88 Å². The van der Waals surface area contributed by atoms with Crippen LogP contribution in [0.5, 0.6) is 0 Å². The van der Waals surface area contributed by atoms with Gasteiger partial charge in [0, 0.05) is 16.5 Å². The van der Waals surface area contributed by atoms with Crippen molar-refractivity contribution in [3.8, 4) is 11.3 Å². The van der Waals surface area contributed by atoms with Gasteiger partial charge in [-0.15, -0.1) is 11.3 Å². The second kappa shape index (κ2) is 5.07. The molecule has 0 amide bonds. The lowest BCUT2D eigenvalue weighted by Gasteiger charge is -2.18. The monoisotopic (exact) mass is 362 g/mol. The van der Waals surface area contributed by atoms with E-state index >= 15 is 0 Å². The van der Waals surface area contributed by atoms with Gasteiger partial charge in [-0.25, -0.2) is 4.98 Å². The number of halogens is 1. The van der Waals surface area contributed by atoms with E-state index in [-0.39, 0.29) is 5.54 Å². The summed E-state index contributed by atoms with van der Waals surface area (Å²) >= 11 is 4.01. The summed E-state index contributed by atoms with van der Waals surface area (Å²) in [6.07, 6.45) is 1.79. The topological polar surface area (TPSA) is 38.1 Å². The Kier molecular flexibility index (Phi) is 3.89. The van der Waals surface area contributed by atoms with Crippen LogP contribution >= 0.6 is 33.9 Å². The SMILES string of the molecule is CC(C)(C)NCc1ncc(-c2csc(I)c2)o1. The van der Waals surface area contributed by atoms with Crippen molar-refractivity contribution in [1.82, 2.24) is 10.3 Å². The average molecular weight is 362 g/mol. The van der Waals surface area contributed by atoms with Gasteiger partial charge in [0.15, 0.2) is 5.76 Å². The van der Waals surface area contributed by atoms with Crippen LogP contribution in [-0.2, 0) is 6.54 Å². The van der Waals surface area contributed by atoms with Crippen molar-refractivity contribution in [1.29, 1.82) is 0 Å². The van der Waals surface area contributed by atoms with E-state index < -0.39 is 0 Å². The quantitative estimate of drug-likeness (QED) is 0.842. The fourth-order valence-corrected chi connectivity index (χ4v) is 2.64. The van der Waals surface area contributed by atoms with Crippen molar-refractivity contribution >= 4 is 33.9 Å². The highest BCUT2D eigenvalue weighted by Gasteiger charge is 2.12. The second-order valence-electron chi connectivity index (χ2n) is 4.86. The van der Waals surface area contributed by atoms with Crippen LogP contribution in [0.4, 0.5) is 0 Å². The molecule has 0 atom stereocenters. The summed E-state index contributed by atoms with van der Waals surface area (Å²) in [7, 11) is 0. The van der Waals surface area contributed by atoms with Gasteiger partial charge in [-0.05, 0) is 49.4 Å². The molecule has 1 N–H and O–H groups in total. The average Bonchev–Trinajstić information content (AvgIpc) is 2.81. The molecular weight excluding hydrogens is 347 g/mol. The Bertz CT molecular complexity index is 499. The molecule has 0 spiro atoms. The van der Waals surface area contributed by atoms with Gasteiger partial charge in [0.1, 0.15) is 0 Å². The van der Waals surface area contributed by atoms with E-state index in [0.29, 0.717) is 6.54 Å². The van der Waals surface area contributed by atoms with E-state index in [1.54, 1.807) is 17.5 Å². The van der Waals surface area contributed by atoms with Crippen LogP contribution in [-0.4, -0.2) is 10.5 Å². The molecule has 0 saturated heterocycles. The summed E-state index contributed by atoms with van der Waals surface area (Å²) in [5.41, 5.74) is 1.18. The number of rotatable bonds is 3. The molecule has 2 aromatic rings. The van der Waals surface area contributed by atoms with E-state index in [9.17, 15) is 0 Å². The van der Waals surface area contributed by atoms with Gasteiger partial charge in [-0.2, -0.15) is 0 Å². The van der Waals surface area contributed by atoms with Crippen molar-refractivity contribution < 1.29 is 4.42 Å². The zero-order valence-corrected chi connectivity index (χ0v) is 13.1. The summed E-state index contributed by atoms with van der Waals surface area (Å²) in [6, 6.07) is 2.10. The van der Waals surface area contributed by atoms with Crippen LogP contribution in [0.15, 0.2) is 22.1 Å². The van der Waals surface area contributed by atoms with Gasteiger partial charge < -0.3 is 9.73 Å². The molecule has 2 heterocycles. The molecule has 0 aliphatic rings. The minimum Gasteiger partial charge on any atom is -0.439 e. The number of oxazole rings is 1. The summed E-state index contributed by atoms with van der Waals surface area (Å²) in [5, 5.41) is 5.44. The molecule has 5 heteroatoms. The zero-order chi connectivity index (χ0) is 12.5. The minimum absolute atomic E-state index is 0.0758. The van der Waals surface area contributed by atoms with E-state index in [0.717, 1.165) is 17.2 Å². The normalized spacial score (nSPS) is 12.0. The molecule has 2 aromatic heterocycles. The van der Waals surface area contributed by atoms with Crippen LogP contribution in [0.2, 0.25) is 0 Å². The summed E-state index contributed by atoms with van der Waals surface area (Å²) < 4.78 is 6.96. The molecule has 0 fully saturated rings. The largest absolute Gasteiger partial charge is 0.439 e. The van der Waals surface area contributed by atoms with Crippen molar-refractivity contribution in [2.75, 3.05) is 0 Å². The summed E-state index contributed by atoms with van der Waals surface area (Å²) in [5.74, 6) is 1.58. The smallest absolute Gasteiger partial charge is 0.208 e. The fourth-order valence-electron chi connectivity index (χ4n) is 1.31. The number of nitrogens with zero attached hydrogens (tertiary/aromatic N) is 1. The summed E-state index contributed by atoms with van der Waals surface area (Å²) in [6.45, 7) is 7.03. The molecule has 0 aliphatic carbocycles. The van der Waals surface area contributed by atoms with Crippen LogP contribution in [0.25, 0.3) is 11.3 Å². The summed E-state index contributed by atoms with van der Waals surface area (Å²) in [4.78, 5) is 4.28. The molecule has 3 nitrogen and oxygen atoms in total. The molecule has 17 heavy (non-hydrogen) atoms. The Morgan fingerprint density at radius 1 is 1.47 bits per heavy atom. The van der Waals surface area contributed by atoms with E-state index in [1.807, 2.05) is 0 Å².